The van der Waals surface area contributed by atoms with Crippen molar-refractivity contribution in [3.8, 4) is 0 Å². The summed E-state index contributed by atoms with van der Waals surface area (Å²) in [6.45, 7) is 0. The third-order valence-electron chi connectivity index (χ3n) is 2.91. The molecule has 0 radical (unpaired) electrons. The number of hydrogen-bond donors (Lipinski definition) is 0. The summed E-state index contributed by atoms with van der Waals surface area (Å²) in [5, 5.41) is 0. The van der Waals surface area contributed by atoms with Gasteiger partial charge in [-0.05, 0) is 23.3 Å². The standard InChI is InChI=1S/C14H13NS2/c1-2-4-12(5-3-1)14(16-10-11-17-14)13-6-8-15-9-7-13/h1-9H,10-11H2. The van der Waals surface area contributed by atoms with E-state index in [2.05, 4.69) is 47.4 Å². The van der Waals surface area contributed by atoms with E-state index in [0.717, 1.165) is 0 Å². The molecule has 1 aromatic carbocycles. The highest BCUT2D eigenvalue weighted by molar-refractivity contribution is 8.20. The van der Waals surface area contributed by atoms with Gasteiger partial charge >= 0.3 is 0 Å². The van der Waals surface area contributed by atoms with Crippen molar-refractivity contribution < 1.29 is 0 Å². The number of rotatable bonds is 2. The van der Waals surface area contributed by atoms with Gasteiger partial charge in [0.25, 0.3) is 0 Å². The number of thioether (sulfide) groups is 2. The van der Waals surface area contributed by atoms with Crippen LogP contribution in [0.5, 0.6) is 0 Å². The Bertz CT molecular complexity index is 437. The van der Waals surface area contributed by atoms with Crippen molar-refractivity contribution in [2.45, 2.75) is 4.08 Å². The molecule has 1 aromatic heterocycles. The molecule has 1 aliphatic heterocycles. The van der Waals surface area contributed by atoms with Gasteiger partial charge in [0.1, 0.15) is 4.08 Å². The molecule has 1 nitrogen and oxygen atoms in total. The zero-order valence-electron chi connectivity index (χ0n) is 9.37. The molecule has 1 saturated heterocycles. The van der Waals surface area contributed by atoms with Crippen LogP contribution >= 0.6 is 23.5 Å². The molecule has 2 aromatic rings. The summed E-state index contributed by atoms with van der Waals surface area (Å²) in [7, 11) is 0. The zero-order chi connectivity index (χ0) is 11.6. The Morgan fingerprint density at radius 1 is 0.824 bits per heavy atom. The maximum absolute atomic E-state index is 4.12. The highest BCUT2D eigenvalue weighted by Crippen LogP contribution is 2.55. The lowest BCUT2D eigenvalue weighted by atomic mass is 10.1. The van der Waals surface area contributed by atoms with Crippen molar-refractivity contribution in [2.75, 3.05) is 11.5 Å². The van der Waals surface area contributed by atoms with E-state index < -0.39 is 0 Å². The van der Waals surface area contributed by atoms with Crippen molar-refractivity contribution >= 4 is 23.5 Å². The molecule has 0 bridgehead atoms. The topological polar surface area (TPSA) is 12.9 Å². The first kappa shape index (κ1) is 11.2. The molecule has 3 heteroatoms. The molecule has 0 atom stereocenters. The molecular formula is C14H13NS2. The molecule has 0 amide bonds. The van der Waals surface area contributed by atoms with Gasteiger partial charge in [0.2, 0.25) is 0 Å². The lowest BCUT2D eigenvalue weighted by Crippen LogP contribution is -2.16. The summed E-state index contributed by atoms with van der Waals surface area (Å²) in [5.41, 5.74) is 2.74. The number of benzene rings is 1. The van der Waals surface area contributed by atoms with Gasteiger partial charge in [-0.1, -0.05) is 30.3 Å². The third-order valence-corrected chi connectivity index (χ3v) is 6.45. The first-order valence-corrected chi connectivity index (χ1v) is 7.63. The normalized spacial score (nSPS) is 18.1. The maximum Gasteiger partial charge on any atom is 0.111 e. The van der Waals surface area contributed by atoms with Gasteiger partial charge in [-0.15, -0.1) is 23.5 Å². The van der Waals surface area contributed by atoms with Crippen LogP contribution in [0, 0.1) is 0 Å². The fourth-order valence-electron chi connectivity index (χ4n) is 2.14. The molecular weight excluding hydrogens is 246 g/mol. The first-order valence-electron chi connectivity index (χ1n) is 5.66. The Morgan fingerprint density at radius 2 is 1.41 bits per heavy atom. The largest absolute Gasteiger partial charge is 0.265 e. The average molecular weight is 259 g/mol. The van der Waals surface area contributed by atoms with Crippen LogP contribution in [0.1, 0.15) is 11.1 Å². The van der Waals surface area contributed by atoms with Crippen LogP contribution in [-0.4, -0.2) is 16.5 Å². The van der Waals surface area contributed by atoms with Crippen molar-refractivity contribution in [1.29, 1.82) is 0 Å². The minimum Gasteiger partial charge on any atom is -0.265 e. The van der Waals surface area contributed by atoms with E-state index in [1.165, 1.54) is 22.6 Å². The SMILES string of the molecule is c1ccc(C2(c3ccncc3)SCCS2)cc1. The number of aromatic nitrogens is 1. The Morgan fingerprint density at radius 3 is 2.06 bits per heavy atom. The summed E-state index contributed by atoms with van der Waals surface area (Å²) < 4.78 is 0.0736. The van der Waals surface area contributed by atoms with E-state index in [1.807, 2.05) is 35.9 Å². The quantitative estimate of drug-likeness (QED) is 0.815. The molecule has 3 rings (SSSR count). The summed E-state index contributed by atoms with van der Waals surface area (Å²) in [6.07, 6.45) is 3.78. The van der Waals surface area contributed by atoms with Crippen molar-refractivity contribution in [1.82, 2.24) is 4.98 Å². The lowest BCUT2D eigenvalue weighted by molar-refractivity contribution is 1.07. The Kier molecular flexibility index (Phi) is 3.12. The predicted octanol–water partition coefficient (Wildman–Crippen LogP) is 3.76. The number of pyridine rings is 1. The van der Waals surface area contributed by atoms with Crippen LogP contribution in [0.3, 0.4) is 0 Å². The lowest BCUT2D eigenvalue weighted by Gasteiger charge is -2.28. The second-order valence-corrected chi connectivity index (χ2v) is 6.79. The van der Waals surface area contributed by atoms with Gasteiger partial charge in [-0.25, -0.2) is 0 Å². The molecule has 1 fully saturated rings. The zero-order valence-corrected chi connectivity index (χ0v) is 11.0. The molecule has 0 spiro atoms. The summed E-state index contributed by atoms with van der Waals surface area (Å²) in [4.78, 5) is 4.12. The minimum absolute atomic E-state index is 0.0736. The van der Waals surface area contributed by atoms with Gasteiger partial charge in [0.05, 0.1) is 0 Å². The van der Waals surface area contributed by atoms with Crippen LogP contribution in [0.2, 0.25) is 0 Å². The maximum atomic E-state index is 4.12. The average Bonchev–Trinajstić information content (AvgIpc) is 2.91. The molecule has 2 heterocycles. The predicted molar refractivity (Wildman–Crippen MR) is 76.4 cm³/mol. The van der Waals surface area contributed by atoms with Crippen LogP contribution in [0.15, 0.2) is 54.9 Å². The number of nitrogens with zero attached hydrogens (tertiary/aromatic N) is 1. The van der Waals surface area contributed by atoms with Crippen LogP contribution in [-0.2, 0) is 4.08 Å². The monoisotopic (exact) mass is 259 g/mol. The Hall–Kier alpha value is -0.930. The molecule has 17 heavy (non-hydrogen) atoms. The van der Waals surface area contributed by atoms with Gasteiger partial charge in [0.15, 0.2) is 0 Å². The highest BCUT2D eigenvalue weighted by Gasteiger charge is 2.38. The fourth-order valence-corrected chi connectivity index (χ4v) is 5.43. The third kappa shape index (κ3) is 1.98. The minimum atomic E-state index is 0.0736. The molecule has 0 N–H and O–H groups in total. The van der Waals surface area contributed by atoms with Gasteiger partial charge < -0.3 is 0 Å². The summed E-state index contributed by atoms with van der Waals surface area (Å²) in [5.74, 6) is 2.42. The van der Waals surface area contributed by atoms with Crippen LogP contribution in [0.25, 0.3) is 0 Å². The molecule has 0 aliphatic carbocycles. The van der Waals surface area contributed by atoms with Crippen molar-refractivity contribution in [2.24, 2.45) is 0 Å². The van der Waals surface area contributed by atoms with E-state index in [0.29, 0.717) is 0 Å². The molecule has 0 unspecified atom stereocenters. The van der Waals surface area contributed by atoms with E-state index in [9.17, 15) is 0 Å². The summed E-state index contributed by atoms with van der Waals surface area (Å²) >= 11 is 4.06. The van der Waals surface area contributed by atoms with Gasteiger partial charge in [0, 0.05) is 23.9 Å². The second-order valence-electron chi connectivity index (χ2n) is 3.92. The molecule has 0 saturated carbocycles. The first-order chi connectivity index (χ1) is 8.42. The molecule has 1 aliphatic rings. The number of hydrogen-bond acceptors (Lipinski definition) is 3. The van der Waals surface area contributed by atoms with Gasteiger partial charge in [-0.3, -0.25) is 4.98 Å². The summed E-state index contributed by atoms with van der Waals surface area (Å²) in [6, 6.07) is 15.1. The van der Waals surface area contributed by atoms with E-state index >= 15 is 0 Å². The van der Waals surface area contributed by atoms with E-state index in [1.54, 1.807) is 0 Å². The molecule has 86 valence electrons. The second kappa shape index (κ2) is 4.75. The van der Waals surface area contributed by atoms with Crippen LogP contribution < -0.4 is 0 Å². The van der Waals surface area contributed by atoms with Crippen molar-refractivity contribution in [3.63, 3.8) is 0 Å². The smallest absolute Gasteiger partial charge is 0.111 e. The van der Waals surface area contributed by atoms with Gasteiger partial charge in [-0.2, -0.15) is 0 Å². The highest BCUT2D eigenvalue weighted by atomic mass is 32.2. The fraction of sp³-hybridized carbons (Fsp3) is 0.214. The van der Waals surface area contributed by atoms with E-state index in [-0.39, 0.29) is 4.08 Å². The van der Waals surface area contributed by atoms with Crippen LogP contribution in [0.4, 0.5) is 0 Å². The Labute approximate surface area is 110 Å². The Balaban J connectivity index is 2.11. The van der Waals surface area contributed by atoms with E-state index in [4.69, 9.17) is 0 Å². The van der Waals surface area contributed by atoms with Crippen molar-refractivity contribution in [3.05, 3.63) is 66.0 Å².